The highest BCUT2D eigenvalue weighted by molar-refractivity contribution is 7.92. The summed E-state index contributed by atoms with van der Waals surface area (Å²) in [5.41, 5.74) is 3.12. The fraction of sp³-hybridized carbons (Fsp3) is 0.519. The van der Waals surface area contributed by atoms with E-state index in [0.29, 0.717) is 30.7 Å². The van der Waals surface area contributed by atoms with Crippen molar-refractivity contribution >= 4 is 44.7 Å². The third kappa shape index (κ3) is 5.44. The predicted molar refractivity (Wildman–Crippen MR) is 150 cm³/mol. The molecule has 1 aromatic carbocycles. The van der Waals surface area contributed by atoms with Crippen molar-refractivity contribution in [3.05, 3.63) is 52.3 Å². The first-order chi connectivity index (χ1) is 18.8. The number of hydrogen-bond donors (Lipinski definition) is 1. The Morgan fingerprint density at radius 3 is 2.54 bits per heavy atom. The minimum atomic E-state index is -3.59. The first-order valence-corrected chi connectivity index (χ1v) is 15.9. The molecule has 0 spiro atoms. The number of benzene rings is 1. The smallest absolute Gasteiger partial charge is 0.256 e. The second-order valence-electron chi connectivity index (χ2n) is 10.7. The van der Waals surface area contributed by atoms with Crippen molar-refractivity contribution in [1.29, 1.82) is 0 Å². The van der Waals surface area contributed by atoms with Crippen LogP contribution in [0.5, 0.6) is 0 Å². The third-order valence-electron chi connectivity index (χ3n) is 7.92. The number of amides is 1. The number of morpholine rings is 1. The minimum absolute atomic E-state index is 0.215. The molecule has 12 heteroatoms. The number of likely N-dealkylation sites (tertiary alicyclic amines) is 1. The highest BCUT2D eigenvalue weighted by Crippen LogP contribution is 2.38. The lowest BCUT2D eigenvalue weighted by atomic mass is 9.83. The average Bonchev–Trinajstić information content (AvgIpc) is 3.32. The Hall–Kier alpha value is -2.89. The number of nitrogens with one attached hydrogen (secondary N) is 1. The third-order valence-corrected chi connectivity index (χ3v) is 8.74. The first-order valence-electron chi connectivity index (χ1n) is 13.6. The van der Waals surface area contributed by atoms with Gasteiger partial charge >= 0.3 is 0 Å². The van der Waals surface area contributed by atoms with Gasteiger partial charge in [0.2, 0.25) is 10.0 Å². The summed E-state index contributed by atoms with van der Waals surface area (Å²) >= 11 is 6.24. The number of rotatable bonds is 6. The fourth-order valence-corrected chi connectivity index (χ4v) is 6.46. The Morgan fingerprint density at radius 1 is 1.03 bits per heavy atom. The quantitative estimate of drug-likeness (QED) is 0.471. The maximum Gasteiger partial charge on any atom is 0.256 e. The van der Waals surface area contributed by atoms with Gasteiger partial charge in [-0.25, -0.2) is 13.4 Å². The SMILES string of the molecule is CS(=O)(=O)Nc1ccc(Cl)cc1C(=O)N1CCCCC1c1cc2nc(C3CCC3)cc(N3CCOCC3)n2n1. The Labute approximate surface area is 233 Å². The van der Waals surface area contributed by atoms with E-state index in [1.165, 1.54) is 18.6 Å². The molecule has 39 heavy (non-hydrogen) atoms. The van der Waals surface area contributed by atoms with Gasteiger partial charge in [-0.15, -0.1) is 0 Å². The maximum atomic E-state index is 13.9. The molecule has 1 unspecified atom stereocenters. The van der Waals surface area contributed by atoms with Gasteiger partial charge in [-0.05, 0) is 50.3 Å². The van der Waals surface area contributed by atoms with E-state index in [0.717, 1.165) is 74.3 Å². The summed E-state index contributed by atoms with van der Waals surface area (Å²) in [5.74, 6) is 1.21. The number of carbonyl (C=O) groups excluding carboxylic acids is 1. The van der Waals surface area contributed by atoms with E-state index in [1.54, 1.807) is 11.0 Å². The molecule has 2 aliphatic heterocycles. The zero-order valence-corrected chi connectivity index (χ0v) is 23.5. The zero-order valence-electron chi connectivity index (χ0n) is 22.0. The van der Waals surface area contributed by atoms with Crippen molar-refractivity contribution in [3.8, 4) is 0 Å². The topological polar surface area (TPSA) is 109 Å². The number of ether oxygens (including phenoxy) is 1. The van der Waals surface area contributed by atoms with Gasteiger partial charge in [0.15, 0.2) is 5.65 Å². The van der Waals surface area contributed by atoms with Crippen LogP contribution in [-0.2, 0) is 14.8 Å². The van der Waals surface area contributed by atoms with Crippen LogP contribution in [0, 0.1) is 0 Å². The first kappa shape index (κ1) is 26.3. The summed E-state index contributed by atoms with van der Waals surface area (Å²) in [6.07, 6.45) is 7.17. The van der Waals surface area contributed by atoms with E-state index in [4.69, 9.17) is 26.4 Å². The molecule has 3 aliphatic rings. The number of aromatic nitrogens is 3. The number of anilines is 2. The molecule has 4 heterocycles. The van der Waals surface area contributed by atoms with Crippen molar-refractivity contribution in [2.45, 2.75) is 50.5 Å². The summed E-state index contributed by atoms with van der Waals surface area (Å²) in [5, 5.41) is 5.38. The lowest BCUT2D eigenvalue weighted by Crippen LogP contribution is -2.39. The van der Waals surface area contributed by atoms with Crippen molar-refractivity contribution in [2.24, 2.45) is 0 Å². The molecule has 6 rings (SSSR count). The summed E-state index contributed by atoms with van der Waals surface area (Å²) in [6, 6.07) is 8.55. The van der Waals surface area contributed by atoms with Gasteiger partial charge in [0.1, 0.15) is 5.82 Å². The maximum absolute atomic E-state index is 13.9. The summed E-state index contributed by atoms with van der Waals surface area (Å²) in [4.78, 5) is 23.0. The molecule has 0 bridgehead atoms. The van der Waals surface area contributed by atoms with Gasteiger partial charge < -0.3 is 14.5 Å². The molecule has 1 atom stereocenters. The Bertz CT molecular complexity index is 1500. The average molecular weight is 573 g/mol. The molecular weight excluding hydrogens is 540 g/mol. The van der Waals surface area contributed by atoms with E-state index in [2.05, 4.69) is 15.7 Å². The number of sulfonamides is 1. The molecular formula is C27H33ClN6O4S. The van der Waals surface area contributed by atoms with Crippen LogP contribution in [0.25, 0.3) is 5.65 Å². The molecule has 2 aromatic heterocycles. The summed E-state index contributed by atoms with van der Waals surface area (Å²) in [7, 11) is -3.59. The second kappa shape index (κ2) is 10.6. The van der Waals surface area contributed by atoms with Crippen LogP contribution in [0.3, 0.4) is 0 Å². The number of piperidine rings is 1. The zero-order chi connectivity index (χ0) is 27.1. The van der Waals surface area contributed by atoms with E-state index < -0.39 is 10.0 Å². The van der Waals surface area contributed by atoms with Crippen LogP contribution in [0.1, 0.15) is 72.2 Å². The molecule has 1 saturated carbocycles. The summed E-state index contributed by atoms with van der Waals surface area (Å²) < 4.78 is 33.9. The monoisotopic (exact) mass is 572 g/mol. The Kier molecular flexibility index (Phi) is 7.15. The van der Waals surface area contributed by atoms with Crippen LogP contribution < -0.4 is 9.62 Å². The van der Waals surface area contributed by atoms with E-state index >= 15 is 0 Å². The number of hydrogen-bond acceptors (Lipinski definition) is 7. The van der Waals surface area contributed by atoms with Gasteiger partial charge in [0.05, 0.1) is 42.5 Å². The Balaban J connectivity index is 1.38. The highest BCUT2D eigenvalue weighted by Gasteiger charge is 2.33. The van der Waals surface area contributed by atoms with Crippen molar-refractivity contribution in [2.75, 3.05) is 48.7 Å². The van der Waals surface area contributed by atoms with Gasteiger partial charge in [0.25, 0.3) is 5.91 Å². The molecule has 2 saturated heterocycles. The van der Waals surface area contributed by atoms with Crippen LogP contribution in [0.2, 0.25) is 5.02 Å². The highest BCUT2D eigenvalue weighted by atomic mass is 35.5. The lowest BCUT2D eigenvalue weighted by Gasteiger charge is -2.35. The van der Waals surface area contributed by atoms with Crippen molar-refractivity contribution in [3.63, 3.8) is 0 Å². The minimum Gasteiger partial charge on any atom is -0.378 e. The van der Waals surface area contributed by atoms with E-state index in [-0.39, 0.29) is 23.2 Å². The molecule has 1 N–H and O–H groups in total. The molecule has 1 aliphatic carbocycles. The largest absolute Gasteiger partial charge is 0.378 e. The van der Waals surface area contributed by atoms with Crippen LogP contribution in [0.15, 0.2) is 30.3 Å². The van der Waals surface area contributed by atoms with Crippen LogP contribution in [-0.4, -0.2) is 72.9 Å². The number of nitrogens with zero attached hydrogens (tertiary/aromatic N) is 5. The van der Waals surface area contributed by atoms with Gasteiger partial charge in [-0.1, -0.05) is 18.0 Å². The molecule has 208 valence electrons. The van der Waals surface area contributed by atoms with Crippen molar-refractivity contribution < 1.29 is 17.9 Å². The fourth-order valence-electron chi connectivity index (χ4n) is 5.71. The molecule has 1 amide bonds. The van der Waals surface area contributed by atoms with Gasteiger partial charge in [0, 0.05) is 48.4 Å². The second-order valence-corrected chi connectivity index (χ2v) is 12.9. The van der Waals surface area contributed by atoms with Crippen LogP contribution in [0.4, 0.5) is 11.5 Å². The normalized spacial score (nSPS) is 20.7. The predicted octanol–water partition coefficient (Wildman–Crippen LogP) is 4.23. The number of halogens is 1. The molecule has 3 aromatic rings. The van der Waals surface area contributed by atoms with E-state index in [9.17, 15) is 13.2 Å². The van der Waals surface area contributed by atoms with E-state index in [1.807, 2.05) is 10.6 Å². The number of fused-ring (bicyclic) bond motifs is 1. The molecule has 0 radical (unpaired) electrons. The Morgan fingerprint density at radius 2 is 1.82 bits per heavy atom. The van der Waals surface area contributed by atoms with Gasteiger partial charge in [-0.3, -0.25) is 9.52 Å². The van der Waals surface area contributed by atoms with Crippen LogP contribution >= 0.6 is 11.6 Å². The van der Waals surface area contributed by atoms with Crippen molar-refractivity contribution in [1.82, 2.24) is 19.5 Å². The van der Waals surface area contributed by atoms with Gasteiger partial charge in [-0.2, -0.15) is 9.61 Å². The standard InChI is InChI=1S/C27H33ClN6O4S/c1-39(36,37)31-21-9-8-19(28)15-20(21)27(35)33-10-3-2-7-24(33)23-16-25-29-22(18-5-4-6-18)17-26(34(25)30-23)32-11-13-38-14-12-32/h8-9,15-18,24,31H,2-7,10-14H2,1H3. The molecule has 3 fully saturated rings. The lowest BCUT2D eigenvalue weighted by molar-refractivity contribution is 0.0607. The number of carbonyl (C=O) groups is 1. The molecule has 10 nitrogen and oxygen atoms in total. The summed E-state index contributed by atoms with van der Waals surface area (Å²) in [6.45, 7) is 3.46.